The van der Waals surface area contributed by atoms with E-state index in [0.717, 1.165) is 26.2 Å². The van der Waals surface area contributed by atoms with Crippen LogP contribution in [0.5, 0.6) is 0 Å². The average Bonchev–Trinajstić information content (AvgIpc) is 2.46. The molecule has 1 aliphatic carbocycles. The van der Waals surface area contributed by atoms with Gasteiger partial charge in [0.15, 0.2) is 0 Å². The number of hydrogen-bond donors (Lipinski definition) is 2. The highest BCUT2D eigenvalue weighted by molar-refractivity contribution is 8.68. The van der Waals surface area contributed by atoms with Gasteiger partial charge < -0.3 is 10.1 Å². The van der Waals surface area contributed by atoms with Gasteiger partial charge in [0.1, 0.15) is 0 Å². The van der Waals surface area contributed by atoms with E-state index in [-0.39, 0.29) is 0 Å². The Labute approximate surface area is 139 Å². The normalized spacial score (nSPS) is 29.3. The molecule has 0 bridgehead atoms. The van der Waals surface area contributed by atoms with E-state index < -0.39 is 0 Å². The average molecular weight is 334 g/mol. The number of piperazine rings is 1. The minimum absolute atomic E-state index is 0.503. The highest BCUT2D eigenvalue weighted by atomic mass is 33.1. The second-order valence-electron chi connectivity index (χ2n) is 6.28. The fraction of sp³-hybridized carbons (Fsp3) is 1.00. The van der Waals surface area contributed by atoms with Crippen LogP contribution in [0.1, 0.15) is 26.7 Å². The summed E-state index contributed by atoms with van der Waals surface area (Å²) in [7, 11) is 1.66. The summed E-state index contributed by atoms with van der Waals surface area (Å²) in [5.74, 6) is 0. The van der Waals surface area contributed by atoms with Crippen LogP contribution in [0.3, 0.4) is 0 Å². The van der Waals surface area contributed by atoms with E-state index >= 15 is 0 Å². The Kier molecular flexibility index (Phi) is 8.20. The van der Waals surface area contributed by atoms with Gasteiger partial charge in [-0.3, -0.25) is 9.80 Å². The van der Waals surface area contributed by atoms with Crippen LogP contribution in [0, 0.1) is 0 Å². The molecule has 0 radical (unpaired) electrons. The van der Waals surface area contributed by atoms with Crippen molar-refractivity contribution in [3.05, 3.63) is 0 Å². The van der Waals surface area contributed by atoms with Gasteiger partial charge in [-0.25, -0.2) is 0 Å². The van der Waals surface area contributed by atoms with Crippen molar-refractivity contribution in [2.75, 3.05) is 52.4 Å². The molecule has 2 rings (SSSR count). The lowest BCUT2D eigenvalue weighted by atomic mass is 9.89. The number of hydrogen-bond acceptors (Lipinski definition) is 6. The number of nitrogens with one attached hydrogen (secondary N) is 1. The van der Waals surface area contributed by atoms with Crippen LogP contribution in [-0.4, -0.2) is 79.6 Å². The molecule has 21 heavy (non-hydrogen) atoms. The second-order valence-corrected chi connectivity index (χ2v) is 7.93. The van der Waals surface area contributed by atoms with Crippen LogP contribution in [0.25, 0.3) is 0 Å². The van der Waals surface area contributed by atoms with Gasteiger partial charge in [-0.05, 0) is 19.4 Å². The summed E-state index contributed by atoms with van der Waals surface area (Å²) in [6.45, 7) is 13.4. The standard InChI is InChI=1S/C15H31N3OS2/c1-3-16-14-10-15(11-14)19-9-8-17-4-6-18(7-5-17)12-13(2)21-20/h13-16,20H,3-12H2,1-2H3. The second kappa shape index (κ2) is 9.63. The molecule has 2 fully saturated rings. The predicted octanol–water partition coefficient (Wildman–Crippen LogP) is 1.73. The smallest absolute Gasteiger partial charge is 0.0605 e. The van der Waals surface area contributed by atoms with Crippen molar-refractivity contribution in [3.63, 3.8) is 0 Å². The van der Waals surface area contributed by atoms with Crippen molar-refractivity contribution in [2.24, 2.45) is 0 Å². The minimum atomic E-state index is 0.503. The number of ether oxygens (including phenoxy) is 1. The monoisotopic (exact) mass is 333 g/mol. The van der Waals surface area contributed by atoms with E-state index in [4.69, 9.17) is 4.74 Å². The summed E-state index contributed by atoms with van der Waals surface area (Å²) in [4.78, 5) is 5.09. The van der Waals surface area contributed by atoms with Crippen molar-refractivity contribution < 1.29 is 4.74 Å². The first-order valence-electron chi connectivity index (χ1n) is 8.31. The Hall–Kier alpha value is 0.540. The predicted molar refractivity (Wildman–Crippen MR) is 95.4 cm³/mol. The lowest BCUT2D eigenvalue weighted by Crippen LogP contribution is -2.49. The Bertz CT molecular complexity index is 282. The van der Waals surface area contributed by atoms with Crippen molar-refractivity contribution in [3.8, 4) is 0 Å². The first-order chi connectivity index (χ1) is 10.2. The zero-order valence-electron chi connectivity index (χ0n) is 13.5. The molecule has 1 heterocycles. The van der Waals surface area contributed by atoms with Crippen molar-refractivity contribution in [1.29, 1.82) is 0 Å². The quantitative estimate of drug-likeness (QED) is 0.495. The first kappa shape index (κ1) is 17.9. The Morgan fingerprint density at radius 2 is 1.90 bits per heavy atom. The van der Waals surface area contributed by atoms with Gasteiger partial charge in [0.25, 0.3) is 0 Å². The van der Waals surface area contributed by atoms with Gasteiger partial charge in [-0.1, -0.05) is 24.6 Å². The summed E-state index contributed by atoms with van der Waals surface area (Å²) in [6, 6.07) is 0.704. The largest absolute Gasteiger partial charge is 0.377 e. The van der Waals surface area contributed by atoms with E-state index in [1.165, 1.54) is 39.0 Å². The van der Waals surface area contributed by atoms with Crippen LogP contribution in [-0.2, 0) is 4.74 Å². The molecule has 0 aromatic carbocycles. The van der Waals surface area contributed by atoms with E-state index in [0.29, 0.717) is 17.4 Å². The third-order valence-electron chi connectivity index (χ3n) is 4.51. The van der Waals surface area contributed by atoms with Crippen LogP contribution >= 0.6 is 22.5 Å². The van der Waals surface area contributed by atoms with Gasteiger partial charge in [0, 0.05) is 50.6 Å². The van der Waals surface area contributed by atoms with Gasteiger partial charge in [0.2, 0.25) is 0 Å². The number of thiol groups is 1. The van der Waals surface area contributed by atoms with Crippen molar-refractivity contribution >= 4 is 22.5 Å². The molecule has 0 spiro atoms. The Balaban J connectivity index is 1.48. The molecule has 0 aromatic rings. The highest BCUT2D eigenvalue weighted by Crippen LogP contribution is 2.23. The Morgan fingerprint density at radius 3 is 2.52 bits per heavy atom. The zero-order valence-corrected chi connectivity index (χ0v) is 15.2. The maximum Gasteiger partial charge on any atom is 0.0605 e. The van der Waals surface area contributed by atoms with Crippen LogP contribution < -0.4 is 5.32 Å². The van der Waals surface area contributed by atoms with Gasteiger partial charge in [0.05, 0.1) is 12.7 Å². The molecule has 2 aliphatic rings. The van der Waals surface area contributed by atoms with Crippen molar-refractivity contribution in [2.45, 2.75) is 44.1 Å². The van der Waals surface area contributed by atoms with Gasteiger partial charge in [-0.2, -0.15) is 0 Å². The number of rotatable bonds is 9. The molecule has 0 amide bonds. The summed E-state index contributed by atoms with van der Waals surface area (Å²) < 4.78 is 5.96. The minimum Gasteiger partial charge on any atom is -0.377 e. The van der Waals surface area contributed by atoms with Crippen LogP contribution in [0.4, 0.5) is 0 Å². The molecule has 1 N–H and O–H groups in total. The van der Waals surface area contributed by atoms with Crippen LogP contribution in [0.15, 0.2) is 0 Å². The topological polar surface area (TPSA) is 27.7 Å². The molecule has 1 atom stereocenters. The lowest BCUT2D eigenvalue weighted by Gasteiger charge is -2.38. The molecular formula is C15H31N3OS2. The maximum absolute atomic E-state index is 5.96. The molecular weight excluding hydrogens is 302 g/mol. The molecule has 1 aliphatic heterocycles. The third-order valence-corrected chi connectivity index (χ3v) is 6.10. The lowest BCUT2D eigenvalue weighted by molar-refractivity contribution is -0.0273. The molecule has 4 nitrogen and oxygen atoms in total. The fourth-order valence-electron chi connectivity index (χ4n) is 3.10. The Morgan fingerprint density at radius 1 is 1.24 bits per heavy atom. The van der Waals surface area contributed by atoms with Gasteiger partial charge >= 0.3 is 0 Å². The van der Waals surface area contributed by atoms with Crippen molar-refractivity contribution in [1.82, 2.24) is 15.1 Å². The first-order valence-corrected chi connectivity index (χ1v) is 10.2. The zero-order chi connectivity index (χ0) is 15.1. The van der Waals surface area contributed by atoms with Gasteiger partial charge in [-0.15, -0.1) is 11.7 Å². The maximum atomic E-state index is 5.96. The van der Waals surface area contributed by atoms with Crippen LogP contribution in [0.2, 0.25) is 0 Å². The van der Waals surface area contributed by atoms with E-state index in [9.17, 15) is 0 Å². The summed E-state index contributed by atoms with van der Waals surface area (Å²) >= 11 is 4.29. The summed E-state index contributed by atoms with van der Waals surface area (Å²) in [5, 5.41) is 4.09. The van der Waals surface area contributed by atoms with E-state index in [1.54, 1.807) is 10.8 Å². The highest BCUT2D eigenvalue weighted by Gasteiger charge is 2.29. The summed E-state index contributed by atoms with van der Waals surface area (Å²) in [5.41, 5.74) is 0. The molecule has 124 valence electrons. The van der Waals surface area contributed by atoms with E-state index in [1.807, 2.05) is 0 Å². The SMILES string of the molecule is CCNC1CC(OCCN2CCN(CC(C)SS)CC2)C1. The number of nitrogens with zero attached hydrogens (tertiary/aromatic N) is 2. The molecule has 6 heteroatoms. The third kappa shape index (κ3) is 6.28. The summed E-state index contributed by atoms with van der Waals surface area (Å²) in [6.07, 6.45) is 2.89. The molecule has 1 saturated heterocycles. The molecule has 0 aromatic heterocycles. The van der Waals surface area contributed by atoms with E-state index in [2.05, 4.69) is 40.6 Å². The molecule has 1 unspecified atom stereocenters. The molecule has 1 saturated carbocycles. The fourth-order valence-corrected chi connectivity index (χ4v) is 3.58.